The number of rotatable bonds is 9. The van der Waals surface area contributed by atoms with E-state index < -0.39 is 0 Å². The minimum Gasteiger partial charge on any atom is -0.248 e. The number of nitrogens with zero attached hydrogens (tertiary/aromatic N) is 2. The van der Waals surface area contributed by atoms with Crippen LogP contribution in [0.2, 0.25) is 0 Å². The predicted octanol–water partition coefficient (Wildman–Crippen LogP) is 15.8. The lowest BCUT2D eigenvalue weighted by atomic mass is 9.86. The smallest absolute Gasteiger partial charge is 0.0744 e. The fraction of sp³-hybridized carbons (Fsp3) is 0.103. The first-order chi connectivity index (χ1) is 30.1. The number of benzene rings is 7. The van der Waals surface area contributed by atoms with Crippen LogP contribution < -0.4 is 0 Å². The fourth-order valence-electron chi connectivity index (χ4n) is 8.89. The Morgan fingerprint density at radius 2 is 1.25 bits per heavy atom. The maximum Gasteiger partial charge on any atom is 0.0744 e. The second kappa shape index (κ2) is 17.0. The van der Waals surface area contributed by atoms with Gasteiger partial charge in [0.2, 0.25) is 0 Å². The van der Waals surface area contributed by atoms with E-state index in [0.29, 0.717) is 0 Å². The molecule has 2 aliphatic rings. The first kappa shape index (κ1) is 38.4. The quantitative estimate of drug-likeness (QED) is 0.145. The van der Waals surface area contributed by atoms with Gasteiger partial charge in [-0.05, 0) is 124 Å². The highest BCUT2D eigenvalue weighted by molar-refractivity contribution is 7.99. The molecule has 0 spiro atoms. The summed E-state index contributed by atoms with van der Waals surface area (Å²) in [6, 6.07) is 63.3. The Bertz CT molecular complexity index is 3020. The Hall–Kier alpha value is -6.81. The maximum atomic E-state index is 5.47. The number of allylic oxidation sites excluding steroid dienone is 4. The van der Waals surface area contributed by atoms with Crippen LogP contribution in [0.15, 0.2) is 208 Å². The van der Waals surface area contributed by atoms with Crippen LogP contribution in [-0.2, 0) is 6.42 Å². The summed E-state index contributed by atoms with van der Waals surface area (Å²) in [6.45, 7) is 4.48. The number of aliphatic imine (C=N–C) groups is 1. The van der Waals surface area contributed by atoms with Crippen molar-refractivity contribution in [1.29, 1.82) is 0 Å². The van der Waals surface area contributed by atoms with Crippen molar-refractivity contribution in [3.63, 3.8) is 0 Å². The number of pyridine rings is 1. The first-order valence-corrected chi connectivity index (χ1v) is 22.2. The summed E-state index contributed by atoms with van der Waals surface area (Å²) in [4.78, 5) is 13.1. The molecular formula is C58H46N2S. The molecule has 0 N–H and O–H groups in total. The third-order valence-electron chi connectivity index (χ3n) is 12.1. The molecule has 3 heteroatoms. The van der Waals surface area contributed by atoms with Gasteiger partial charge in [0.25, 0.3) is 0 Å². The van der Waals surface area contributed by atoms with Crippen LogP contribution in [0.3, 0.4) is 0 Å². The molecule has 61 heavy (non-hydrogen) atoms. The summed E-state index contributed by atoms with van der Waals surface area (Å²) in [6.07, 6.45) is 11.0. The molecular weight excluding hydrogens is 757 g/mol. The maximum absolute atomic E-state index is 5.47. The lowest BCUT2D eigenvalue weighted by Gasteiger charge is -2.18. The van der Waals surface area contributed by atoms with Gasteiger partial charge in [-0.3, -0.25) is 0 Å². The van der Waals surface area contributed by atoms with Gasteiger partial charge in [0.15, 0.2) is 0 Å². The van der Waals surface area contributed by atoms with Crippen LogP contribution in [0.1, 0.15) is 59.6 Å². The van der Waals surface area contributed by atoms with Crippen LogP contribution in [0.25, 0.3) is 61.8 Å². The van der Waals surface area contributed by atoms with E-state index in [2.05, 4.69) is 208 Å². The van der Waals surface area contributed by atoms with Gasteiger partial charge in [-0.1, -0.05) is 176 Å². The summed E-state index contributed by atoms with van der Waals surface area (Å²) in [5.74, 6) is 0. The van der Waals surface area contributed by atoms with Gasteiger partial charge in [0.05, 0.1) is 22.8 Å². The van der Waals surface area contributed by atoms with Crippen molar-refractivity contribution in [2.45, 2.75) is 49.3 Å². The Morgan fingerprint density at radius 3 is 2.00 bits per heavy atom. The van der Waals surface area contributed by atoms with E-state index in [1.807, 2.05) is 0 Å². The van der Waals surface area contributed by atoms with E-state index in [0.717, 1.165) is 70.7 Å². The van der Waals surface area contributed by atoms with E-state index in [9.17, 15) is 0 Å². The summed E-state index contributed by atoms with van der Waals surface area (Å²) in [5, 5.41) is 2.48. The predicted molar refractivity (Wildman–Crippen MR) is 260 cm³/mol. The molecule has 0 saturated heterocycles. The van der Waals surface area contributed by atoms with Crippen LogP contribution in [0, 0.1) is 6.92 Å². The molecule has 0 bridgehead atoms. The van der Waals surface area contributed by atoms with Crippen molar-refractivity contribution >= 4 is 45.6 Å². The van der Waals surface area contributed by atoms with E-state index in [4.69, 9.17) is 9.98 Å². The lowest BCUT2D eigenvalue weighted by Crippen LogP contribution is -2.01. The molecule has 0 amide bonds. The number of hydrogen-bond acceptors (Lipinski definition) is 3. The van der Waals surface area contributed by atoms with Crippen molar-refractivity contribution in [2.24, 2.45) is 4.99 Å². The van der Waals surface area contributed by atoms with Gasteiger partial charge in [0, 0.05) is 32.0 Å². The average molecular weight is 803 g/mol. The Kier molecular flexibility index (Phi) is 10.7. The molecule has 0 saturated carbocycles. The highest BCUT2D eigenvalue weighted by Crippen LogP contribution is 2.41. The number of hydrogen-bond donors (Lipinski definition) is 0. The zero-order chi connectivity index (χ0) is 41.1. The minimum atomic E-state index is 0.866. The summed E-state index contributed by atoms with van der Waals surface area (Å²) in [5.41, 5.74) is 19.0. The molecule has 2 nitrogen and oxygen atoms in total. The second-order valence-corrected chi connectivity index (χ2v) is 17.1. The van der Waals surface area contributed by atoms with Crippen LogP contribution in [0.4, 0.5) is 0 Å². The molecule has 8 aromatic rings. The molecule has 10 rings (SSSR count). The second-order valence-electron chi connectivity index (χ2n) is 15.9. The average Bonchev–Trinajstić information content (AvgIpc) is 3.53. The lowest BCUT2D eigenvalue weighted by molar-refractivity contribution is 0.981. The van der Waals surface area contributed by atoms with Gasteiger partial charge in [-0.25, -0.2) is 9.98 Å². The van der Waals surface area contributed by atoms with Gasteiger partial charge in [0.1, 0.15) is 0 Å². The molecule has 0 unspecified atom stereocenters. The number of fused-ring (bicyclic) bond motifs is 2. The largest absolute Gasteiger partial charge is 0.248 e. The van der Waals surface area contributed by atoms with Gasteiger partial charge >= 0.3 is 0 Å². The molecule has 0 fully saturated rings. The summed E-state index contributed by atoms with van der Waals surface area (Å²) < 4.78 is 0. The van der Waals surface area contributed by atoms with Gasteiger partial charge in [-0.15, -0.1) is 0 Å². The molecule has 294 valence electrons. The molecule has 1 aromatic heterocycles. The van der Waals surface area contributed by atoms with Crippen molar-refractivity contribution in [2.75, 3.05) is 0 Å². The molecule has 1 aliphatic heterocycles. The van der Waals surface area contributed by atoms with E-state index >= 15 is 0 Å². The Balaban J connectivity index is 0.956. The molecule has 2 heterocycles. The zero-order valence-corrected chi connectivity index (χ0v) is 35.4. The first-order valence-electron chi connectivity index (χ1n) is 21.4. The zero-order valence-electron chi connectivity index (χ0n) is 34.6. The highest BCUT2D eigenvalue weighted by atomic mass is 32.2. The van der Waals surface area contributed by atoms with E-state index in [1.165, 1.54) is 65.1 Å². The van der Waals surface area contributed by atoms with Crippen molar-refractivity contribution in [3.05, 3.63) is 227 Å². The number of aryl methyl sites for hydroxylation is 1. The Morgan fingerprint density at radius 1 is 0.590 bits per heavy atom. The Labute approximate surface area is 363 Å². The number of aromatic nitrogens is 1. The van der Waals surface area contributed by atoms with Crippen LogP contribution in [0.5, 0.6) is 0 Å². The minimum absolute atomic E-state index is 0.866. The molecule has 1 aliphatic carbocycles. The molecule has 0 atom stereocenters. The van der Waals surface area contributed by atoms with Crippen molar-refractivity contribution in [1.82, 2.24) is 4.98 Å². The molecule has 0 radical (unpaired) electrons. The topological polar surface area (TPSA) is 25.2 Å². The fourth-order valence-corrected chi connectivity index (χ4v) is 9.70. The summed E-state index contributed by atoms with van der Waals surface area (Å²) >= 11 is 1.78. The third-order valence-corrected chi connectivity index (χ3v) is 13.1. The van der Waals surface area contributed by atoms with Gasteiger partial charge < -0.3 is 0 Å². The van der Waals surface area contributed by atoms with Crippen molar-refractivity contribution < 1.29 is 0 Å². The van der Waals surface area contributed by atoms with E-state index in [1.54, 1.807) is 11.8 Å². The van der Waals surface area contributed by atoms with Crippen LogP contribution in [-0.4, -0.2) is 10.7 Å². The van der Waals surface area contributed by atoms with E-state index in [-0.39, 0.29) is 0 Å². The standard InChI is InChI=1S/C58H46N2S/c1-3-40-36-47(52-26-14-22-41-16-10-12-24-50(41)52)37-55(43-18-6-4-7-19-43)60-58(40)46-30-34-49(35-31-46)61-48-32-28-45(29-33-48)57-39(2)54(38-56(59-57)44-20-8-5-9-21-44)53-27-15-23-42-17-11-13-25-51(42)53/h4-9,11-15,17-35,37-38H,3,10,16,36H2,1-2H3. The highest BCUT2D eigenvalue weighted by Gasteiger charge is 2.21. The van der Waals surface area contributed by atoms with Gasteiger partial charge in [-0.2, -0.15) is 0 Å². The van der Waals surface area contributed by atoms with Crippen LogP contribution >= 0.6 is 11.8 Å². The summed E-state index contributed by atoms with van der Waals surface area (Å²) in [7, 11) is 0. The molecule has 7 aromatic carbocycles. The van der Waals surface area contributed by atoms with Crippen molar-refractivity contribution in [3.8, 4) is 33.6 Å². The SMILES string of the molecule is CCC1=C(c2ccc(Sc3ccc(-c4nc(-c5ccccc5)cc(-c5cccc6ccccc56)c4C)cc3)cc2)N=C(c2ccccc2)C=C(c2cccc3c2C=CCC3)C1. The monoisotopic (exact) mass is 802 g/mol. The normalized spacial score (nSPS) is 13.7. The third kappa shape index (κ3) is 7.86.